The number of nitrogen functional groups attached to an aromatic ring is 1. The van der Waals surface area contributed by atoms with Crippen LogP contribution in [0.25, 0.3) is 0 Å². The zero-order chi connectivity index (χ0) is 38.6. The average Bonchev–Trinajstić information content (AvgIpc) is 3.05. The number of para-hydroxylation sites is 1. The predicted octanol–water partition coefficient (Wildman–Crippen LogP) is 1.56. The third kappa shape index (κ3) is 12.4. The van der Waals surface area contributed by atoms with E-state index in [1.165, 1.54) is 50.2 Å². The van der Waals surface area contributed by atoms with Crippen molar-refractivity contribution in [2.75, 3.05) is 12.3 Å². The summed E-state index contributed by atoms with van der Waals surface area (Å²) in [6.45, 7) is 8.81. The molecule has 0 aliphatic rings. The second-order valence-corrected chi connectivity index (χ2v) is 13.0. The van der Waals surface area contributed by atoms with Gasteiger partial charge in [-0.05, 0) is 56.2 Å². The molecule has 17 nitrogen and oxygen atoms in total. The van der Waals surface area contributed by atoms with Crippen LogP contribution in [0.15, 0.2) is 48.5 Å². The van der Waals surface area contributed by atoms with Gasteiger partial charge in [-0.2, -0.15) is 0 Å². The van der Waals surface area contributed by atoms with Crippen molar-refractivity contribution >= 4 is 46.9 Å². The summed E-state index contributed by atoms with van der Waals surface area (Å²) in [7, 11) is 0. The fourth-order valence-corrected chi connectivity index (χ4v) is 5.04. The Bertz CT molecular complexity index is 1580. The van der Waals surface area contributed by atoms with Gasteiger partial charge in [-0.1, -0.05) is 52.0 Å². The van der Waals surface area contributed by atoms with Crippen LogP contribution in [-0.4, -0.2) is 86.3 Å². The number of hydrogen-bond acceptors (Lipinski definition) is 10. The van der Waals surface area contributed by atoms with Crippen molar-refractivity contribution in [2.45, 2.75) is 85.1 Å². The Hall–Kier alpha value is -5.58. The lowest BCUT2D eigenvalue weighted by Crippen LogP contribution is -2.63. The van der Waals surface area contributed by atoms with Crippen molar-refractivity contribution < 1.29 is 38.8 Å². The van der Waals surface area contributed by atoms with Crippen LogP contribution in [0.4, 0.5) is 11.4 Å². The van der Waals surface area contributed by atoms with Gasteiger partial charge < -0.3 is 32.5 Å². The molecule has 2 rings (SSSR count). The van der Waals surface area contributed by atoms with E-state index < -0.39 is 71.1 Å². The minimum Gasteiger partial charge on any atom is -0.480 e. The normalized spacial score (nSPS) is 13.4. The quantitative estimate of drug-likeness (QED) is 0.0779. The lowest BCUT2D eigenvalue weighted by molar-refractivity contribution is -0.384. The van der Waals surface area contributed by atoms with Crippen LogP contribution in [0.3, 0.4) is 0 Å². The van der Waals surface area contributed by atoms with E-state index in [1.807, 2.05) is 13.8 Å². The van der Waals surface area contributed by atoms with Crippen molar-refractivity contribution in [2.24, 2.45) is 17.6 Å². The highest BCUT2D eigenvalue weighted by atomic mass is 16.6. The third-order valence-corrected chi connectivity index (χ3v) is 7.70. The Labute approximate surface area is 296 Å². The number of hydrazine groups is 1. The van der Waals surface area contributed by atoms with Crippen LogP contribution in [0, 0.1) is 22.0 Å². The fraction of sp³-hybridized carbons (Fsp3) is 0.471. The lowest BCUT2D eigenvalue weighted by atomic mass is 10.0. The maximum Gasteiger partial charge on any atom is 0.328 e. The van der Waals surface area contributed by atoms with Gasteiger partial charge in [0.2, 0.25) is 11.8 Å². The second-order valence-electron chi connectivity index (χ2n) is 13.0. The first-order chi connectivity index (χ1) is 23.8. The summed E-state index contributed by atoms with van der Waals surface area (Å²) < 4.78 is 0. The maximum absolute atomic E-state index is 14.3. The Kier molecular flexibility index (Phi) is 15.5. The predicted molar refractivity (Wildman–Crippen MR) is 187 cm³/mol. The number of carbonyl (C=O) groups is 6. The summed E-state index contributed by atoms with van der Waals surface area (Å²) in [6.07, 6.45) is 0.215. The number of nitrogens with zero attached hydrogens (tertiary/aromatic N) is 3. The number of nitro benzene ring substituents is 1. The molecule has 0 aliphatic heterocycles. The molecule has 0 saturated heterocycles. The van der Waals surface area contributed by atoms with Gasteiger partial charge in [-0.3, -0.25) is 34.1 Å². The van der Waals surface area contributed by atoms with Crippen molar-refractivity contribution in [1.82, 2.24) is 26.0 Å². The van der Waals surface area contributed by atoms with Crippen molar-refractivity contribution in [1.29, 1.82) is 0 Å². The van der Waals surface area contributed by atoms with Gasteiger partial charge in [-0.25, -0.2) is 14.8 Å². The molecule has 2 aromatic rings. The number of rotatable bonds is 17. The number of carboxylic acids is 1. The van der Waals surface area contributed by atoms with Crippen LogP contribution in [0.5, 0.6) is 0 Å². The average molecular weight is 713 g/mol. The molecule has 2 aromatic carbocycles. The number of benzene rings is 2. The summed E-state index contributed by atoms with van der Waals surface area (Å²) >= 11 is 0. The number of amides is 5. The number of nitro groups is 1. The first kappa shape index (κ1) is 41.6. The van der Waals surface area contributed by atoms with Gasteiger partial charge in [0, 0.05) is 17.8 Å². The van der Waals surface area contributed by atoms with Crippen LogP contribution < -0.4 is 27.4 Å². The molecule has 0 fully saturated rings. The summed E-state index contributed by atoms with van der Waals surface area (Å²) in [5.41, 5.74) is 12.6. The van der Waals surface area contributed by atoms with Crippen molar-refractivity contribution in [3.63, 3.8) is 0 Å². The molecule has 0 aliphatic carbocycles. The molecular formula is C34H48N8O9. The molecule has 278 valence electrons. The Balaban J connectivity index is 2.36. The van der Waals surface area contributed by atoms with Gasteiger partial charge in [0.25, 0.3) is 23.4 Å². The standard InChI is InChI=1S/C34H48N8O9/c1-19(2)15-27(36)32(46)40(18-23-11-13-24(14-12-23)42(50)51)41(22(6)34(48)49)33(47)28(16-20(3)4)39-29(43)17-37-30(44)21(5)38-31(45)25-9-7-8-10-26(25)35/h7-14,19-22,27-28H,15-18,35-36H2,1-6H3,(H,37,44)(H,38,45)(H,39,43)(H,48,49)/t21-,22-,27-,28-/m0/s1. The number of aliphatic carboxylic acids is 1. The topological polar surface area (TPSA) is 260 Å². The van der Waals surface area contributed by atoms with Crippen LogP contribution in [-0.2, 0) is 30.5 Å². The van der Waals surface area contributed by atoms with E-state index in [1.54, 1.807) is 26.0 Å². The molecule has 4 atom stereocenters. The van der Waals surface area contributed by atoms with E-state index in [0.29, 0.717) is 5.56 Å². The van der Waals surface area contributed by atoms with E-state index in [9.17, 15) is 44.0 Å². The van der Waals surface area contributed by atoms with Gasteiger partial charge >= 0.3 is 5.97 Å². The SMILES string of the molecule is CC(C)C[C@H](NC(=O)CNC(=O)[C@H](C)NC(=O)c1ccccc1N)C(=O)N([C@@H](C)C(=O)O)N(Cc1ccc([N+](=O)[O-])cc1)C(=O)[C@@H](N)CC(C)C. The number of nitrogens with two attached hydrogens (primary N) is 2. The van der Waals surface area contributed by atoms with Crippen molar-refractivity contribution in [3.05, 3.63) is 69.8 Å². The van der Waals surface area contributed by atoms with E-state index in [0.717, 1.165) is 10.0 Å². The third-order valence-electron chi connectivity index (χ3n) is 7.70. The zero-order valence-corrected chi connectivity index (χ0v) is 29.6. The highest BCUT2D eigenvalue weighted by Crippen LogP contribution is 2.21. The van der Waals surface area contributed by atoms with Gasteiger partial charge in [0.1, 0.15) is 18.1 Å². The number of carboxylic acid groups (broad SMARTS) is 1. The largest absolute Gasteiger partial charge is 0.480 e. The van der Waals surface area contributed by atoms with Gasteiger partial charge in [-0.15, -0.1) is 0 Å². The molecular weight excluding hydrogens is 664 g/mol. The molecule has 17 heteroatoms. The first-order valence-electron chi connectivity index (χ1n) is 16.4. The minimum atomic E-state index is -1.62. The molecule has 5 amide bonds. The zero-order valence-electron chi connectivity index (χ0n) is 29.6. The first-order valence-corrected chi connectivity index (χ1v) is 16.4. The fourth-order valence-electron chi connectivity index (χ4n) is 5.04. The molecule has 51 heavy (non-hydrogen) atoms. The number of nitrogens with one attached hydrogen (secondary N) is 3. The lowest BCUT2D eigenvalue weighted by Gasteiger charge is -2.40. The van der Waals surface area contributed by atoms with E-state index >= 15 is 0 Å². The Morgan fingerprint density at radius 1 is 0.863 bits per heavy atom. The molecule has 0 heterocycles. The highest BCUT2D eigenvalue weighted by molar-refractivity contribution is 6.01. The Morgan fingerprint density at radius 2 is 1.45 bits per heavy atom. The summed E-state index contributed by atoms with van der Waals surface area (Å²) in [4.78, 5) is 89.5. The minimum absolute atomic E-state index is 0.0178. The Morgan fingerprint density at radius 3 is 1.98 bits per heavy atom. The second kappa shape index (κ2) is 19.0. The number of hydrogen-bond donors (Lipinski definition) is 6. The number of non-ortho nitro benzene ring substituents is 1. The highest BCUT2D eigenvalue weighted by Gasteiger charge is 2.40. The number of anilines is 1. The molecule has 0 radical (unpaired) electrons. The van der Waals surface area contributed by atoms with Gasteiger partial charge in [0.15, 0.2) is 0 Å². The van der Waals surface area contributed by atoms with Crippen LogP contribution in [0.2, 0.25) is 0 Å². The molecule has 0 spiro atoms. The number of carbonyl (C=O) groups excluding carboxylic acids is 5. The molecule has 0 saturated carbocycles. The molecule has 0 bridgehead atoms. The monoisotopic (exact) mass is 712 g/mol. The molecule has 0 aromatic heterocycles. The summed E-state index contributed by atoms with van der Waals surface area (Å²) in [5, 5.41) is 30.3. The summed E-state index contributed by atoms with van der Waals surface area (Å²) in [6, 6.07) is 6.23. The molecule has 8 N–H and O–H groups in total. The maximum atomic E-state index is 14.3. The van der Waals surface area contributed by atoms with Crippen molar-refractivity contribution in [3.8, 4) is 0 Å². The van der Waals surface area contributed by atoms with Gasteiger partial charge in [0.05, 0.1) is 29.6 Å². The molecule has 0 unspecified atom stereocenters. The smallest absolute Gasteiger partial charge is 0.328 e. The van der Waals surface area contributed by atoms with Crippen LogP contribution in [0.1, 0.15) is 70.3 Å². The van der Waals surface area contributed by atoms with E-state index in [4.69, 9.17) is 11.5 Å². The van der Waals surface area contributed by atoms with E-state index in [2.05, 4.69) is 16.0 Å². The van der Waals surface area contributed by atoms with Crippen LogP contribution >= 0.6 is 0 Å². The summed E-state index contributed by atoms with van der Waals surface area (Å²) in [5.74, 6) is -5.54. The van der Waals surface area contributed by atoms with E-state index in [-0.39, 0.29) is 48.2 Å².